The normalized spacial score (nSPS) is 30.8. The van der Waals surface area contributed by atoms with Gasteiger partial charge in [-0.05, 0) is 38.0 Å². The summed E-state index contributed by atoms with van der Waals surface area (Å²) in [5.74, 6) is 0.717. The van der Waals surface area contributed by atoms with Crippen molar-refractivity contribution in [1.29, 1.82) is 0 Å². The third kappa shape index (κ3) is 3.88. The molecule has 98 valence electrons. The van der Waals surface area contributed by atoms with Gasteiger partial charge in [-0.25, -0.2) is 4.79 Å². The zero-order valence-corrected chi connectivity index (χ0v) is 11.3. The molecule has 0 spiro atoms. The Labute approximate surface area is 108 Å². The van der Waals surface area contributed by atoms with Crippen LogP contribution in [-0.2, 0) is 14.3 Å². The van der Waals surface area contributed by atoms with E-state index in [0.29, 0.717) is 6.61 Å². The average molecular weight is 258 g/mol. The monoisotopic (exact) mass is 258 g/mol. The molecule has 0 amide bonds. The van der Waals surface area contributed by atoms with E-state index in [1.165, 1.54) is 39.2 Å². The second-order valence-electron chi connectivity index (χ2n) is 4.99. The number of rotatable bonds is 7. The zero-order valence-electron chi connectivity index (χ0n) is 10.5. The summed E-state index contributed by atoms with van der Waals surface area (Å²) in [4.78, 5) is 10.8. The van der Waals surface area contributed by atoms with Crippen molar-refractivity contribution in [3.05, 3.63) is 0 Å². The molecule has 0 aromatic carbocycles. The Morgan fingerprint density at radius 2 is 2.24 bits per heavy atom. The molecule has 2 fully saturated rings. The number of hydrogen-bond donors (Lipinski definition) is 0. The fourth-order valence-electron chi connectivity index (χ4n) is 2.86. The van der Waals surface area contributed by atoms with Crippen molar-refractivity contribution in [2.24, 2.45) is 5.92 Å². The quantitative estimate of drug-likeness (QED) is 0.519. The summed E-state index contributed by atoms with van der Waals surface area (Å²) < 4.78 is 9.74. The van der Waals surface area contributed by atoms with Crippen LogP contribution >= 0.6 is 11.8 Å². The third-order valence-corrected chi connectivity index (χ3v) is 5.58. The van der Waals surface area contributed by atoms with Crippen molar-refractivity contribution in [1.82, 2.24) is 0 Å². The molecule has 1 saturated heterocycles. The Balaban J connectivity index is 1.45. The van der Waals surface area contributed by atoms with E-state index in [1.54, 1.807) is 0 Å². The highest BCUT2D eigenvalue weighted by Crippen LogP contribution is 2.50. The van der Waals surface area contributed by atoms with Gasteiger partial charge >= 0.3 is 5.97 Å². The molecule has 3 atom stereocenters. The van der Waals surface area contributed by atoms with Gasteiger partial charge in [0.15, 0.2) is 0 Å². The summed E-state index contributed by atoms with van der Waals surface area (Å²) in [6.07, 6.45) is 7.99. The molecule has 1 saturated carbocycles. The van der Waals surface area contributed by atoms with Gasteiger partial charge in [0.25, 0.3) is 0 Å². The minimum absolute atomic E-state index is 0.0966. The second-order valence-corrected chi connectivity index (χ2v) is 6.54. The lowest BCUT2D eigenvalue weighted by Gasteiger charge is -2.20. The van der Waals surface area contributed by atoms with Crippen molar-refractivity contribution in [2.75, 3.05) is 20.3 Å². The molecular formula is C13H22O3S. The van der Waals surface area contributed by atoms with Crippen LogP contribution < -0.4 is 0 Å². The first kappa shape index (κ1) is 13.2. The molecule has 3 nitrogen and oxygen atoms in total. The number of hydrogen-bond acceptors (Lipinski definition) is 4. The van der Waals surface area contributed by atoms with Crippen molar-refractivity contribution in [3.8, 4) is 0 Å². The summed E-state index contributed by atoms with van der Waals surface area (Å²) in [6.45, 7) is 0.778. The number of carbonyl (C=O) groups excluding carboxylic acids is 1. The second kappa shape index (κ2) is 6.64. The Kier molecular flexibility index (Phi) is 5.16. The first-order chi connectivity index (χ1) is 8.29. The largest absolute Gasteiger partial charge is 0.467 e. The molecule has 2 rings (SSSR count). The van der Waals surface area contributed by atoms with E-state index in [1.807, 2.05) is 0 Å². The average Bonchev–Trinajstić information content (AvgIpc) is 2.95. The van der Waals surface area contributed by atoms with E-state index in [4.69, 9.17) is 4.74 Å². The van der Waals surface area contributed by atoms with Crippen molar-refractivity contribution < 1.29 is 14.3 Å². The summed E-state index contributed by atoms with van der Waals surface area (Å²) in [5.41, 5.74) is 0. The molecule has 1 aliphatic carbocycles. The van der Waals surface area contributed by atoms with Crippen LogP contribution in [0.3, 0.4) is 0 Å². The lowest BCUT2D eigenvalue weighted by molar-refractivity contribution is -0.145. The number of ether oxygens (including phenoxy) is 2. The van der Waals surface area contributed by atoms with E-state index in [2.05, 4.69) is 16.5 Å². The number of thioether (sulfide) groups is 1. The minimum atomic E-state index is -0.284. The smallest absolute Gasteiger partial charge is 0.331 e. The minimum Gasteiger partial charge on any atom is -0.467 e. The van der Waals surface area contributed by atoms with Crippen LogP contribution in [-0.4, -0.2) is 36.8 Å². The molecule has 0 aromatic rings. The molecule has 0 radical (unpaired) electrons. The molecule has 1 heterocycles. The predicted molar refractivity (Wildman–Crippen MR) is 69.2 cm³/mol. The SMILES string of the molecule is COC(=O)COCCCCC1SC2CCC1C2. The molecule has 2 aliphatic rings. The van der Waals surface area contributed by atoms with Crippen LogP contribution in [0.5, 0.6) is 0 Å². The summed E-state index contributed by atoms with van der Waals surface area (Å²) in [6, 6.07) is 0. The number of esters is 1. The number of methoxy groups -OCH3 is 1. The topological polar surface area (TPSA) is 35.5 Å². The van der Waals surface area contributed by atoms with E-state index in [0.717, 1.165) is 22.8 Å². The fourth-order valence-corrected chi connectivity index (χ4v) is 4.76. The number of carbonyl (C=O) groups is 1. The molecular weight excluding hydrogens is 236 g/mol. The molecule has 3 unspecified atom stereocenters. The Hall–Kier alpha value is -0.220. The third-order valence-electron chi connectivity index (χ3n) is 3.79. The molecule has 2 bridgehead atoms. The van der Waals surface area contributed by atoms with Gasteiger partial charge in [-0.15, -0.1) is 0 Å². The Morgan fingerprint density at radius 3 is 2.88 bits per heavy atom. The predicted octanol–water partition coefficient (Wildman–Crippen LogP) is 2.63. The standard InChI is InChI=1S/C13H22O3S/c1-15-13(14)9-16-7-3-2-4-12-10-5-6-11(8-10)17-12/h10-12H,2-9H2,1H3. The van der Waals surface area contributed by atoms with Crippen LogP contribution in [0.2, 0.25) is 0 Å². The van der Waals surface area contributed by atoms with E-state index < -0.39 is 0 Å². The maximum atomic E-state index is 10.8. The van der Waals surface area contributed by atoms with Crippen molar-refractivity contribution in [3.63, 3.8) is 0 Å². The molecule has 4 heteroatoms. The molecule has 17 heavy (non-hydrogen) atoms. The fraction of sp³-hybridized carbons (Fsp3) is 0.923. The maximum absolute atomic E-state index is 10.8. The molecule has 0 N–H and O–H groups in total. The van der Waals surface area contributed by atoms with E-state index in [-0.39, 0.29) is 12.6 Å². The van der Waals surface area contributed by atoms with Crippen molar-refractivity contribution >= 4 is 17.7 Å². The Morgan fingerprint density at radius 1 is 1.35 bits per heavy atom. The summed E-state index contributed by atoms with van der Waals surface area (Å²) in [7, 11) is 1.39. The zero-order chi connectivity index (χ0) is 12.1. The number of fused-ring (bicyclic) bond motifs is 2. The number of unbranched alkanes of at least 4 members (excludes halogenated alkanes) is 1. The van der Waals surface area contributed by atoms with Crippen LogP contribution in [0.4, 0.5) is 0 Å². The highest BCUT2D eigenvalue weighted by Gasteiger charge is 2.39. The van der Waals surface area contributed by atoms with Crippen LogP contribution in [0.15, 0.2) is 0 Å². The van der Waals surface area contributed by atoms with Gasteiger partial charge in [-0.1, -0.05) is 6.42 Å². The van der Waals surface area contributed by atoms with Gasteiger partial charge in [0.05, 0.1) is 7.11 Å². The first-order valence-electron chi connectivity index (χ1n) is 6.59. The van der Waals surface area contributed by atoms with Crippen molar-refractivity contribution in [2.45, 2.75) is 49.0 Å². The van der Waals surface area contributed by atoms with Crippen LogP contribution in [0.1, 0.15) is 38.5 Å². The van der Waals surface area contributed by atoms with Gasteiger partial charge in [0.2, 0.25) is 0 Å². The van der Waals surface area contributed by atoms with Gasteiger partial charge in [0.1, 0.15) is 6.61 Å². The van der Waals surface area contributed by atoms with Crippen LogP contribution in [0, 0.1) is 5.92 Å². The van der Waals surface area contributed by atoms with Gasteiger partial charge in [0, 0.05) is 17.1 Å². The lowest BCUT2D eigenvalue weighted by atomic mass is 9.99. The Bertz CT molecular complexity index is 257. The van der Waals surface area contributed by atoms with Crippen LogP contribution in [0.25, 0.3) is 0 Å². The van der Waals surface area contributed by atoms with Gasteiger partial charge in [-0.2, -0.15) is 11.8 Å². The molecule has 1 aliphatic heterocycles. The highest BCUT2D eigenvalue weighted by molar-refractivity contribution is 8.00. The van der Waals surface area contributed by atoms with Gasteiger partial charge < -0.3 is 9.47 Å². The summed E-state index contributed by atoms with van der Waals surface area (Å²) >= 11 is 2.22. The van der Waals surface area contributed by atoms with Gasteiger partial charge in [-0.3, -0.25) is 0 Å². The van der Waals surface area contributed by atoms with E-state index >= 15 is 0 Å². The first-order valence-corrected chi connectivity index (χ1v) is 7.54. The lowest BCUT2D eigenvalue weighted by Crippen LogP contribution is -2.13. The summed E-state index contributed by atoms with van der Waals surface area (Å²) in [5, 5.41) is 1.88. The maximum Gasteiger partial charge on any atom is 0.331 e. The molecule has 0 aromatic heterocycles. The highest BCUT2D eigenvalue weighted by atomic mass is 32.2. The van der Waals surface area contributed by atoms with E-state index in [9.17, 15) is 4.79 Å².